The number of carbonyl (C=O) groups is 1. The molecule has 0 aromatic carbocycles. The fourth-order valence-corrected chi connectivity index (χ4v) is 3.60. The molecule has 1 aromatic heterocycles. The standard InChI is InChI=1S/C17H22F4N4O/c1-11(2)25-4-3-14(16(25)26)23-5-7-24(8-6-23)15-13(18)9-12(10-22-15)17(19,20)21/h9-11,14H,3-8H2,1-2H3. The number of pyridine rings is 1. The van der Waals surface area contributed by atoms with Crippen LogP contribution in [0.25, 0.3) is 0 Å². The second kappa shape index (κ2) is 7.02. The van der Waals surface area contributed by atoms with Gasteiger partial charge < -0.3 is 9.80 Å². The van der Waals surface area contributed by atoms with E-state index < -0.39 is 17.6 Å². The first kappa shape index (κ1) is 18.9. The normalized spacial score (nSPS) is 22.6. The van der Waals surface area contributed by atoms with Gasteiger partial charge in [0.1, 0.15) is 0 Å². The van der Waals surface area contributed by atoms with Crippen molar-refractivity contribution >= 4 is 11.7 Å². The Morgan fingerprint density at radius 3 is 2.31 bits per heavy atom. The highest BCUT2D eigenvalue weighted by Crippen LogP contribution is 2.31. The van der Waals surface area contributed by atoms with E-state index in [2.05, 4.69) is 9.88 Å². The smallest absolute Gasteiger partial charge is 0.352 e. The summed E-state index contributed by atoms with van der Waals surface area (Å²) in [5.74, 6) is -0.928. The highest BCUT2D eigenvalue weighted by Gasteiger charge is 2.38. The van der Waals surface area contributed by atoms with Gasteiger partial charge >= 0.3 is 6.18 Å². The van der Waals surface area contributed by atoms with Crippen LogP contribution in [-0.4, -0.2) is 65.5 Å². The summed E-state index contributed by atoms with van der Waals surface area (Å²) >= 11 is 0. The number of carbonyl (C=O) groups excluding carboxylic acids is 1. The summed E-state index contributed by atoms with van der Waals surface area (Å²) in [6.45, 7) is 6.63. The topological polar surface area (TPSA) is 39.7 Å². The minimum absolute atomic E-state index is 0.0702. The van der Waals surface area contributed by atoms with Gasteiger partial charge in [-0.1, -0.05) is 0 Å². The average molecular weight is 374 g/mol. The summed E-state index contributed by atoms with van der Waals surface area (Å²) in [5, 5.41) is 0. The molecule has 2 aliphatic heterocycles. The quantitative estimate of drug-likeness (QED) is 0.762. The molecule has 3 rings (SSSR count). The molecule has 0 spiro atoms. The second-order valence-electron chi connectivity index (χ2n) is 6.98. The molecule has 0 saturated carbocycles. The van der Waals surface area contributed by atoms with Crippen LogP contribution in [0.15, 0.2) is 12.3 Å². The van der Waals surface area contributed by atoms with Crippen molar-refractivity contribution in [2.24, 2.45) is 0 Å². The molecular formula is C17H22F4N4O. The van der Waals surface area contributed by atoms with Gasteiger partial charge in [-0.15, -0.1) is 0 Å². The fourth-order valence-electron chi connectivity index (χ4n) is 3.60. The van der Waals surface area contributed by atoms with Gasteiger partial charge in [0.05, 0.1) is 11.6 Å². The lowest BCUT2D eigenvalue weighted by atomic mass is 10.1. The lowest BCUT2D eigenvalue weighted by molar-refractivity contribution is -0.138. The van der Waals surface area contributed by atoms with E-state index in [9.17, 15) is 22.4 Å². The van der Waals surface area contributed by atoms with Gasteiger partial charge in [-0.3, -0.25) is 9.69 Å². The van der Waals surface area contributed by atoms with Gasteiger partial charge in [-0.05, 0) is 26.3 Å². The number of nitrogens with zero attached hydrogens (tertiary/aromatic N) is 4. The fraction of sp³-hybridized carbons (Fsp3) is 0.647. The molecule has 1 unspecified atom stereocenters. The highest BCUT2D eigenvalue weighted by atomic mass is 19.4. The number of hydrogen-bond donors (Lipinski definition) is 0. The van der Waals surface area contributed by atoms with Crippen LogP contribution in [0.5, 0.6) is 0 Å². The molecule has 26 heavy (non-hydrogen) atoms. The van der Waals surface area contributed by atoms with Crippen molar-refractivity contribution in [2.75, 3.05) is 37.6 Å². The molecular weight excluding hydrogens is 352 g/mol. The number of rotatable bonds is 3. The first-order valence-corrected chi connectivity index (χ1v) is 8.70. The molecule has 0 N–H and O–H groups in total. The van der Waals surface area contributed by atoms with Crippen LogP contribution < -0.4 is 4.90 Å². The van der Waals surface area contributed by atoms with E-state index in [1.807, 2.05) is 18.7 Å². The van der Waals surface area contributed by atoms with E-state index in [4.69, 9.17) is 0 Å². The maximum Gasteiger partial charge on any atom is 0.417 e. The summed E-state index contributed by atoms with van der Waals surface area (Å²) in [4.78, 5) is 21.7. The number of likely N-dealkylation sites (tertiary alicyclic amines) is 1. The summed E-state index contributed by atoms with van der Waals surface area (Å²) in [6, 6.07) is 0.486. The van der Waals surface area contributed by atoms with Crippen LogP contribution in [0, 0.1) is 5.82 Å². The predicted octanol–water partition coefficient (Wildman–Crippen LogP) is 2.37. The molecule has 1 atom stereocenters. The molecule has 1 aromatic rings. The van der Waals surface area contributed by atoms with E-state index in [1.54, 1.807) is 4.90 Å². The van der Waals surface area contributed by atoms with Crippen LogP contribution in [0.2, 0.25) is 0 Å². The molecule has 2 saturated heterocycles. The molecule has 5 nitrogen and oxygen atoms in total. The number of alkyl halides is 3. The summed E-state index contributed by atoms with van der Waals surface area (Å²) in [7, 11) is 0. The molecule has 0 bridgehead atoms. The Balaban J connectivity index is 1.63. The molecule has 0 radical (unpaired) electrons. The third-order valence-electron chi connectivity index (χ3n) is 5.04. The first-order valence-electron chi connectivity index (χ1n) is 8.70. The number of halogens is 4. The minimum atomic E-state index is -4.61. The largest absolute Gasteiger partial charge is 0.417 e. The van der Waals surface area contributed by atoms with Crippen molar-refractivity contribution in [2.45, 2.75) is 38.5 Å². The maximum absolute atomic E-state index is 14.1. The number of amides is 1. The van der Waals surface area contributed by atoms with Crippen molar-refractivity contribution in [3.8, 4) is 0 Å². The van der Waals surface area contributed by atoms with Gasteiger partial charge in [-0.2, -0.15) is 13.2 Å². The Morgan fingerprint density at radius 2 is 1.81 bits per heavy atom. The van der Waals surface area contributed by atoms with Crippen LogP contribution in [0.4, 0.5) is 23.4 Å². The minimum Gasteiger partial charge on any atom is -0.352 e. The second-order valence-corrected chi connectivity index (χ2v) is 6.98. The van der Waals surface area contributed by atoms with Gasteiger partial charge in [0.15, 0.2) is 11.6 Å². The Bertz CT molecular complexity index is 671. The van der Waals surface area contributed by atoms with Gasteiger partial charge in [-0.25, -0.2) is 9.37 Å². The van der Waals surface area contributed by atoms with Gasteiger partial charge in [0.2, 0.25) is 5.91 Å². The lowest BCUT2D eigenvalue weighted by Crippen LogP contribution is -2.53. The first-order chi connectivity index (χ1) is 12.2. The molecule has 1 amide bonds. The van der Waals surface area contributed by atoms with Crippen molar-refractivity contribution in [3.05, 3.63) is 23.6 Å². The summed E-state index contributed by atoms with van der Waals surface area (Å²) in [6.07, 6.45) is -3.19. The SMILES string of the molecule is CC(C)N1CCC(N2CCN(c3ncc(C(F)(F)F)cc3F)CC2)C1=O. The van der Waals surface area contributed by atoms with Crippen molar-refractivity contribution in [3.63, 3.8) is 0 Å². The lowest BCUT2D eigenvalue weighted by Gasteiger charge is -2.38. The van der Waals surface area contributed by atoms with Crippen molar-refractivity contribution in [1.29, 1.82) is 0 Å². The Labute approximate surface area is 149 Å². The van der Waals surface area contributed by atoms with E-state index >= 15 is 0 Å². The number of anilines is 1. The van der Waals surface area contributed by atoms with Crippen LogP contribution in [-0.2, 0) is 11.0 Å². The van der Waals surface area contributed by atoms with E-state index in [0.717, 1.165) is 13.0 Å². The van der Waals surface area contributed by atoms with E-state index in [1.165, 1.54) is 0 Å². The Hall–Kier alpha value is -1.90. The maximum atomic E-state index is 14.1. The molecule has 2 fully saturated rings. The zero-order valence-electron chi connectivity index (χ0n) is 14.8. The Kier molecular flexibility index (Phi) is 5.09. The van der Waals surface area contributed by atoms with E-state index in [-0.39, 0.29) is 23.8 Å². The van der Waals surface area contributed by atoms with Crippen molar-refractivity contribution < 1.29 is 22.4 Å². The van der Waals surface area contributed by atoms with Crippen LogP contribution >= 0.6 is 0 Å². The molecule has 0 aliphatic carbocycles. The van der Waals surface area contributed by atoms with E-state index in [0.29, 0.717) is 38.4 Å². The summed E-state index contributed by atoms with van der Waals surface area (Å²) in [5.41, 5.74) is -1.09. The number of hydrogen-bond acceptors (Lipinski definition) is 4. The highest BCUT2D eigenvalue weighted by molar-refractivity contribution is 5.84. The van der Waals surface area contributed by atoms with Crippen LogP contribution in [0.1, 0.15) is 25.8 Å². The third-order valence-corrected chi connectivity index (χ3v) is 5.04. The van der Waals surface area contributed by atoms with Crippen LogP contribution in [0.3, 0.4) is 0 Å². The average Bonchev–Trinajstić information content (AvgIpc) is 2.96. The molecule has 144 valence electrons. The third kappa shape index (κ3) is 3.62. The van der Waals surface area contributed by atoms with Gasteiger partial charge in [0, 0.05) is 45.0 Å². The van der Waals surface area contributed by atoms with Gasteiger partial charge in [0.25, 0.3) is 0 Å². The molecule has 3 heterocycles. The predicted molar refractivity (Wildman–Crippen MR) is 88.2 cm³/mol. The molecule has 2 aliphatic rings. The van der Waals surface area contributed by atoms with Crippen molar-refractivity contribution in [1.82, 2.24) is 14.8 Å². The zero-order valence-corrected chi connectivity index (χ0v) is 14.8. The summed E-state index contributed by atoms with van der Waals surface area (Å²) < 4.78 is 52.0. The Morgan fingerprint density at radius 1 is 1.15 bits per heavy atom. The number of aromatic nitrogens is 1. The molecule has 9 heteroatoms. The monoisotopic (exact) mass is 374 g/mol. The zero-order chi connectivity index (χ0) is 19.1. The number of piperazine rings is 1.